The first-order chi connectivity index (χ1) is 9.03. The van der Waals surface area contributed by atoms with Crippen molar-refractivity contribution < 1.29 is 9.50 Å². The molecule has 1 aliphatic rings. The molecule has 1 heterocycles. The van der Waals surface area contributed by atoms with Gasteiger partial charge in [-0.1, -0.05) is 13.0 Å². The normalized spacial score (nSPS) is 23.1. The summed E-state index contributed by atoms with van der Waals surface area (Å²) >= 11 is 0. The molecule has 0 amide bonds. The fourth-order valence-corrected chi connectivity index (χ4v) is 2.56. The lowest BCUT2D eigenvalue weighted by molar-refractivity contribution is 0.0839. The summed E-state index contributed by atoms with van der Waals surface area (Å²) in [7, 11) is 0. The van der Waals surface area contributed by atoms with Crippen LogP contribution in [0.4, 0.5) is 10.1 Å². The molecule has 0 spiro atoms. The molecular weight excluding hydrogens is 243 g/mol. The zero-order valence-electron chi connectivity index (χ0n) is 11.7. The van der Waals surface area contributed by atoms with Gasteiger partial charge in [-0.2, -0.15) is 0 Å². The van der Waals surface area contributed by atoms with E-state index in [4.69, 9.17) is 0 Å². The summed E-state index contributed by atoms with van der Waals surface area (Å²) in [5.74, 6) is -0.173. The van der Waals surface area contributed by atoms with E-state index in [2.05, 4.69) is 17.1 Å². The second-order valence-electron chi connectivity index (χ2n) is 5.58. The van der Waals surface area contributed by atoms with E-state index in [0.717, 1.165) is 31.6 Å². The molecule has 1 unspecified atom stereocenters. The molecule has 0 aromatic heterocycles. The minimum absolute atomic E-state index is 0.173. The number of β-amino-alcohol motifs (C(OH)–C–C–N with tert-alkyl or cyclic N) is 1. The van der Waals surface area contributed by atoms with Crippen molar-refractivity contribution in [3.63, 3.8) is 0 Å². The molecule has 0 radical (unpaired) electrons. The Kier molecular flexibility index (Phi) is 4.42. The van der Waals surface area contributed by atoms with Crippen LogP contribution in [-0.2, 0) is 6.54 Å². The number of hydrogen-bond acceptors (Lipinski definition) is 3. The van der Waals surface area contributed by atoms with Gasteiger partial charge in [0.1, 0.15) is 5.82 Å². The molecule has 1 aliphatic heterocycles. The van der Waals surface area contributed by atoms with Crippen molar-refractivity contribution in [1.29, 1.82) is 0 Å². The van der Waals surface area contributed by atoms with Crippen LogP contribution in [-0.4, -0.2) is 30.3 Å². The maximum absolute atomic E-state index is 14.0. The van der Waals surface area contributed by atoms with Gasteiger partial charge in [-0.15, -0.1) is 0 Å². The summed E-state index contributed by atoms with van der Waals surface area (Å²) in [5.41, 5.74) is 0.940. The van der Waals surface area contributed by atoms with Crippen LogP contribution in [0.3, 0.4) is 0 Å². The number of anilines is 1. The Hall–Kier alpha value is -1.13. The van der Waals surface area contributed by atoms with Gasteiger partial charge >= 0.3 is 0 Å². The van der Waals surface area contributed by atoms with Crippen LogP contribution < -0.4 is 10.2 Å². The summed E-state index contributed by atoms with van der Waals surface area (Å²) < 4.78 is 14.0. The lowest BCUT2D eigenvalue weighted by Crippen LogP contribution is -2.30. The Labute approximate surface area is 114 Å². The zero-order chi connectivity index (χ0) is 13.9. The average Bonchev–Trinajstić information content (AvgIpc) is 2.72. The highest BCUT2D eigenvalue weighted by Crippen LogP contribution is 2.30. The molecule has 0 aliphatic carbocycles. The molecule has 1 atom stereocenters. The third-order valence-corrected chi connectivity index (χ3v) is 3.62. The predicted octanol–water partition coefficient (Wildman–Crippen LogP) is 2.29. The van der Waals surface area contributed by atoms with E-state index < -0.39 is 5.60 Å². The van der Waals surface area contributed by atoms with Crippen molar-refractivity contribution >= 4 is 5.69 Å². The Morgan fingerprint density at radius 2 is 2.26 bits per heavy atom. The number of halogens is 1. The zero-order valence-corrected chi connectivity index (χ0v) is 11.7. The van der Waals surface area contributed by atoms with E-state index in [-0.39, 0.29) is 5.82 Å². The Balaban J connectivity index is 2.17. The van der Waals surface area contributed by atoms with Crippen molar-refractivity contribution in [2.75, 3.05) is 24.5 Å². The van der Waals surface area contributed by atoms with Gasteiger partial charge in [-0.05, 0) is 38.4 Å². The fraction of sp³-hybridized carbons (Fsp3) is 0.600. The van der Waals surface area contributed by atoms with E-state index in [9.17, 15) is 9.50 Å². The second kappa shape index (κ2) is 5.88. The second-order valence-corrected chi connectivity index (χ2v) is 5.58. The van der Waals surface area contributed by atoms with Crippen LogP contribution in [0.15, 0.2) is 18.2 Å². The van der Waals surface area contributed by atoms with Crippen molar-refractivity contribution in [3.8, 4) is 0 Å². The van der Waals surface area contributed by atoms with Crippen molar-refractivity contribution in [2.45, 2.75) is 38.8 Å². The van der Waals surface area contributed by atoms with Crippen LogP contribution in [0, 0.1) is 5.82 Å². The van der Waals surface area contributed by atoms with Crippen LogP contribution >= 0.6 is 0 Å². The van der Waals surface area contributed by atoms with E-state index in [1.165, 1.54) is 6.07 Å². The quantitative estimate of drug-likeness (QED) is 0.803. The Morgan fingerprint density at radius 3 is 2.89 bits per heavy atom. The van der Waals surface area contributed by atoms with Crippen LogP contribution in [0.25, 0.3) is 0 Å². The van der Waals surface area contributed by atoms with Crippen LogP contribution in [0.1, 0.15) is 32.3 Å². The molecule has 1 aromatic rings. The molecule has 1 fully saturated rings. The molecule has 1 saturated heterocycles. The summed E-state index contributed by atoms with van der Waals surface area (Å²) in [6.07, 6.45) is 1.76. The van der Waals surface area contributed by atoms with Crippen molar-refractivity contribution in [2.24, 2.45) is 0 Å². The molecule has 106 valence electrons. The molecular formula is C15H23FN2O. The number of rotatable bonds is 5. The molecule has 1 aromatic carbocycles. The van der Waals surface area contributed by atoms with Gasteiger partial charge in [0.05, 0.1) is 5.60 Å². The lowest BCUT2D eigenvalue weighted by atomic mass is 10.1. The number of hydrogen-bond donors (Lipinski definition) is 2. The molecule has 0 bridgehead atoms. The first kappa shape index (κ1) is 14.3. The lowest BCUT2D eigenvalue weighted by Gasteiger charge is -2.24. The third-order valence-electron chi connectivity index (χ3n) is 3.62. The molecule has 19 heavy (non-hydrogen) atoms. The Morgan fingerprint density at radius 1 is 1.47 bits per heavy atom. The van der Waals surface area contributed by atoms with Gasteiger partial charge in [0.25, 0.3) is 0 Å². The van der Waals surface area contributed by atoms with Crippen LogP contribution in [0.2, 0.25) is 0 Å². The third kappa shape index (κ3) is 3.45. The summed E-state index contributed by atoms with van der Waals surface area (Å²) in [5, 5.41) is 13.3. The first-order valence-electron chi connectivity index (χ1n) is 6.99. The molecule has 4 heteroatoms. The fourth-order valence-electron chi connectivity index (χ4n) is 2.56. The standard InChI is InChI=1S/C15H23FN2O/c1-3-8-17-10-12-13(16)5-4-6-14(12)18-9-7-15(2,19)11-18/h4-6,17,19H,3,7-11H2,1-2H3. The highest BCUT2D eigenvalue weighted by atomic mass is 19.1. The number of aliphatic hydroxyl groups is 1. The molecule has 3 nitrogen and oxygen atoms in total. The van der Waals surface area contributed by atoms with E-state index >= 15 is 0 Å². The number of benzene rings is 1. The predicted molar refractivity (Wildman–Crippen MR) is 75.9 cm³/mol. The highest BCUT2D eigenvalue weighted by molar-refractivity contribution is 5.55. The first-order valence-corrected chi connectivity index (χ1v) is 6.99. The largest absolute Gasteiger partial charge is 0.388 e. The summed E-state index contributed by atoms with van der Waals surface area (Å²) in [6, 6.07) is 5.18. The maximum Gasteiger partial charge on any atom is 0.129 e. The topological polar surface area (TPSA) is 35.5 Å². The summed E-state index contributed by atoms with van der Waals surface area (Å²) in [4.78, 5) is 2.08. The maximum atomic E-state index is 14.0. The highest BCUT2D eigenvalue weighted by Gasteiger charge is 2.32. The van der Waals surface area contributed by atoms with E-state index in [1.807, 2.05) is 13.0 Å². The van der Waals surface area contributed by atoms with Crippen molar-refractivity contribution in [1.82, 2.24) is 5.32 Å². The van der Waals surface area contributed by atoms with Gasteiger partial charge in [0.2, 0.25) is 0 Å². The molecule has 2 N–H and O–H groups in total. The monoisotopic (exact) mass is 266 g/mol. The average molecular weight is 266 g/mol. The van der Waals surface area contributed by atoms with Gasteiger partial charge < -0.3 is 15.3 Å². The van der Waals surface area contributed by atoms with Crippen molar-refractivity contribution in [3.05, 3.63) is 29.6 Å². The minimum atomic E-state index is -0.666. The minimum Gasteiger partial charge on any atom is -0.388 e. The number of nitrogens with zero attached hydrogens (tertiary/aromatic N) is 1. The van der Waals surface area contributed by atoms with E-state index in [0.29, 0.717) is 18.7 Å². The van der Waals surface area contributed by atoms with Gasteiger partial charge in [0.15, 0.2) is 0 Å². The number of nitrogens with one attached hydrogen (secondary N) is 1. The SMILES string of the molecule is CCCNCc1c(F)cccc1N1CCC(C)(O)C1. The van der Waals surface area contributed by atoms with Crippen LogP contribution in [0.5, 0.6) is 0 Å². The van der Waals surface area contributed by atoms with E-state index in [1.54, 1.807) is 6.07 Å². The smallest absolute Gasteiger partial charge is 0.129 e. The molecule has 0 saturated carbocycles. The van der Waals surface area contributed by atoms with Gasteiger partial charge in [0, 0.05) is 30.9 Å². The van der Waals surface area contributed by atoms with Gasteiger partial charge in [-0.25, -0.2) is 4.39 Å². The van der Waals surface area contributed by atoms with Gasteiger partial charge in [-0.3, -0.25) is 0 Å². The summed E-state index contributed by atoms with van der Waals surface area (Å²) in [6.45, 7) is 6.68. The Bertz CT molecular complexity index is 434. The molecule has 2 rings (SSSR count).